The van der Waals surface area contributed by atoms with Crippen molar-refractivity contribution in [3.63, 3.8) is 0 Å². The van der Waals surface area contributed by atoms with Gasteiger partial charge < -0.3 is 9.57 Å². The summed E-state index contributed by atoms with van der Waals surface area (Å²) in [6.07, 6.45) is 0.188. The van der Waals surface area contributed by atoms with Gasteiger partial charge in [-0.3, -0.25) is 4.79 Å². The third-order valence-electron chi connectivity index (χ3n) is 4.31. The molecule has 0 aliphatic heterocycles. The normalized spacial score (nSPS) is 11.6. The van der Waals surface area contributed by atoms with Crippen molar-refractivity contribution < 1.29 is 32.4 Å². The average Bonchev–Trinajstić information content (AvgIpc) is 2.80. The number of carbonyl (C=O) groups is 3. The Labute approximate surface area is 202 Å². The molecule has 0 atom stereocenters. The summed E-state index contributed by atoms with van der Waals surface area (Å²) in [5.41, 5.74) is 0.718. The van der Waals surface area contributed by atoms with Crippen LogP contribution in [0.15, 0.2) is 80.5 Å². The molecule has 0 radical (unpaired) electrons. The minimum Gasteiger partial charge on any atom is -0.462 e. The van der Waals surface area contributed by atoms with Gasteiger partial charge in [0.05, 0.1) is 17.3 Å². The first-order valence-electron chi connectivity index (χ1n) is 10.2. The molecule has 0 heterocycles. The number of benzene rings is 2. The van der Waals surface area contributed by atoms with Gasteiger partial charge in [0.25, 0.3) is 0 Å². The molecular formula is C24H25NO7S2. The average molecular weight is 504 g/mol. The van der Waals surface area contributed by atoms with Crippen molar-refractivity contribution in [1.82, 2.24) is 0 Å². The second-order valence-electron chi connectivity index (χ2n) is 7.28. The van der Waals surface area contributed by atoms with Gasteiger partial charge in [-0.25, -0.2) is 18.0 Å². The van der Waals surface area contributed by atoms with Crippen LogP contribution < -0.4 is 0 Å². The van der Waals surface area contributed by atoms with Gasteiger partial charge in [-0.1, -0.05) is 23.5 Å². The maximum Gasteiger partial charge on any atom is 0.333 e. The van der Waals surface area contributed by atoms with E-state index in [2.05, 4.69) is 16.6 Å². The van der Waals surface area contributed by atoms with E-state index < -0.39 is 21.8 Å². The molecule has 180 valence electrons. The lowest BCUT2D eigenvalue weighted by molar-refractivity contribution is -0.141. The van der Waals surface area contributed by atoms with E-state index in [4.69, 9.17) is 4.74 Å². The standard InChI is InChI=1S/C24H25NO7S2/c1-16(2)24(28)31-14-5-15-34(29,30)22-12-10-21(11-13-22)33-20-8-6-19(7-9-20)23(27)17(3)25-32-18(4)26/h6-13H,1,5,14-15H2,2-4H3/b25-17+. The van der Waals surface area contributed by atoms with E-state index in [0.717, 1.165) is 9.79 Å². The SMILES string of the molecule is C=C(C)C(=O)OCCCS(=O)(=O)c1ccc(Sc2ccc(C(=O)/C(C)=N/OC(C)=O)cc2)cc1. The molecule has 0 aliphatic carbocycles. The summed E-state index contributed by atoms with van der Waals surface area (Å²) in [5.74, 6) is -1.65. The van der Waals surface area contributed by atoms with E-state index in [1.54, 1.807) is 36.4 Å². The molecule has 0 fully saturated rings. The Morgan fingerprint density at radius 3 is 2.03 bits per heavy atom. The molecular weight excluding hydrogens is 478 g/mol. The quantitative estimate of drug-likeness (QED) is 0.0850. The van der Waals surface area contributed by atoms with Crippen LogP contribution in [-0.4, -0.2) is 44.2 Å². The van der Waals surface area contributed by atoms with Gasteiger partial charge in [0.2, 0.25) is 5.78 Å². The summed E-state index contributed by atoms with van der Waals surface area (Å²) in [7, 11) is -3.50. The van der Waals surface area contributed by atoms with Crippen molar-refractivity contribution in [2.24, 2.45) is 5.16 Å². The van der Waals surface area contributed by atoms with Crippen LogP contribution >= 0.6 is 11.8 Å². The van der Waals surface area contributed by atoms with E-state index in [0.29, 0.717) is 5.56 Å². The fourth-order valence-corrected chi connectivity index (χ4v) is 4.66. The molecule has 0 aromatic heterocycles. The summed E-state index contributed by atoms with van der Waals surface area (Å²) in [4.78, 5) is 40.8. The van der Waals surface area contributed by atoms with Crippen molar-refractivity contribution in [3.05, 3.63) is 66.2 Å². The molecule has 0 amide bonds. The van der Waals surface area contributed by atoms with Crippen molar-refractivity contribution in [3.8, 4) is 0 Å². The first-order chi connectivity index (χ1) is 16.0. The summed E-state index contributed by atoms with van der Waals surface area (Å²) in [5, 5.41) is 3.49. The highest BCUT2D eigenvalue weighted by Gasteiger charge is 2.15. The van der Waals surface area contributed by atoms with Crippen molar-refractivity contribution in [2.45, 2.75) is 41.9 Å². The van der Waals surface area contributed by atoms with Crippen LogP contribution in [0.25, 0.3) is 0 Å². The largest absolute Gasteiger partial charge is 0.462 e. The molecule has 0 saturated heterocycles. The third kappa shape index (κ3) is 8.27. The lowest BCUT2D eigenvalue weighted by Gasteiger charge is -2.07. The molecule has 2 aromatic rings. The van der Waals surface area contributed by atoms with E-state index in [1.165, 1.54) is 44.7 Å². The van der Waals surface area contributed by atoms with Crippen molar-refractivity contribution in [1.29, 1.82) is 0 Å². The Morgan fingerprint density at radius 1 is 0.941 bits per heavy atom. The Hall–Kier alpha value is -3.24. The summed E-state index contributed by atoms with van der Waals surface area (Å²) >= 11 is 1.41. The maximum absolute atomic E-state index is 12.5. The number of sulfone groups is 1. The van der Waals surface area contributed by atoms with Gasteiger partial charge in [-0.15, -0.1) is 0 Å². The fraction of sp³-hybridized carbons (Fsp3) is 0.250. The zero-order chi connectivity index (χ0) is 25.3. The zero-order valence-electron chi connectivity index (χ0n) is 19.1. The second kappa shape index (κ2) is 12.3. The molecule has 34 heavy (non-hydrogen) atoms. The number of rotatable bonds is 11. The number of nitrogens with zero attached hydrogens (tertiary/aromatic N) is 1. The van der Waals surface area contributed by atoms with E-state index in [9.17, 15) is 22.8 Å². The van der Waals surface area contributed by atoms with Crippen LogP contribution in [-0.2, 0) is 29.0 Å². The van der Waals surface area contributed by atoms with Gasteiger partial charge in [-0.05, 0) is 68.8 Å². The number of esters is 1. The Kier molecular flexibility index (Phi) is 9.76. The number of ketones is 1. The van der Waals surface area contributed by atoms with Crippen LogP contribution in [0.4, 0.5) is 0 Å². The first kappa shape index (κ1) is 27.0. The number of Topliss-reactive ketones (excluding diaryl/α,β-unsaturated/α-hetero) is 1. The van der Waals surface area contributed by atoms with Gasteiger partial charge in [0.1, 0.15) is 5.71 Å². The maximum atomic E-state index is 12.5. The molecule has 8 nitrogen and oxygen atoms in total. The fourth-order valence-electron chi connectivity index (χ4n) is 2.56. The van der Waals surface area contributed by atoms with E-state index >= 15 is 0 Å². The monoisotopic (exact) mass is 503 g/mol. The highest BCUT2D eigenvalue weighted by molar-refractivity contribution is 7.99. The molecule has 10 heteroatoms. The van der Waals surface area contributed by atoms with Crippen LogP contribution in [0.3, 0.4) is 0 Å². The van der Waals surface area contributed by atoms with E-state index in [-0.39, 0.29) is 40.7 Å². The van der Waals surface area contributed by atoms with Crippen molar-refractivity contribution >= 4 is 45.0 Å². The summed E-state index contributed by atoms with van der Waals surface area (Å²) in [6, 6.07) is 13.3. The Morgan fingerprint density at radius 2 is 1.50 bits per heavy atom. The van der Waals surface area contributed by atoms with E-state index in [1.807, 2.05) is 0 Å². The van der Waals surface area contributed by atoms with Gasteiger partial charge in [0, 0.05) is 27.9 Å². The summed E-state index contributed by atoms with van der Waals surface area (Å²) < 4.78 is 29.9. The predicted octanol–water partition coefficient (Wildman–Crippen LogP) is 4.24. The van der Waals surface area contributed by atoms with Crippen molar-refractivity contribution in [2.75, 3.05) is 12.4 Å². The highest BCUT2D eigenvalue weighted by atomic mass is 32.2. The number of hydrogen-bond donors (Lipinski definition) is 0. The predicted molar refractivity (Wildman–Crippen MR) is 129 cm³/mol. The Balaban J connectivity index is 1.95. The molecule has 2 rings (SSSR count). The lowest BCUT2D eigenvalue weighted by atomic mass is 10.1. The number of ether oxygens (including phenoxy) is 1. The van der Waals surface area contributed by atoms with Crippen LogP contribution in [0.1, 0.15) is 37.6 Å². The first-order valence-corrected chi connectivity index (χ1v) is 12.7. The molecule has 0 saturated carbocycles. The topological polar surface area (TPSA) is 116 Å². The van der Waals surface area contributed by atoms with Gasteiger partial charge in [0.15, 0.2) is 9.84 Å². The molecule has 0 aliphatic rings. The minimum atomic E-state index is -3.50. The minimum absolute atomic E-state index is 0.00644. The van der Waals surface area contributed by atoms with Crippen LogP contribution in [0.2, 0.25) is 0 Å². The van der Waals surface area contributed by atoms with Crippen LogP contribution in [0.5, 0.6) is 0 Å². The second-order valence-corrected chi connectivity index (χ2v) is 10.5. The zero-order valence-corrected chi connectivity index (χ0v) is 20.7. The third-order valence-corrected chi connectivity index (χ3v) is 7.15. The highest BCUT2D eigenvalue weighted by Crippen LogP contribution is 2.29. The lowest BCUT2D eigenvalue weighted by Crippen LogP contribution is -2.12. The van der Waals surface area contributed by atoms with Gasteiger partial charge >= 0.3 is 11.9 Å². The molecule has 0 spiro atoms. The number of carbonyl (C=O) groups excluding carboxylic acids is 3. The van der Waals surface area contributed by atoms with Crippen LogP contribution in [0, 0.1) is 0 Å². The number of oxime groups is 1. The molecule has 0 bridgehead atoms. The molecule has 0 unspecified atom stereocenters. The smallest absolute Gasteiger partial charge is 0.333 e. The Bertz CT molecular complexity index is 1200. The molecule has 0 N–H and O–H groups in total. The van der Waals surface area contributed by atoms with Gasteiger partial charge in [-0.2, -0.15) is 0 Å². The number of hydrogen-bond acceptors (Lipinski definition) is 9. The summed E-state index contributed by atoms with van der Waals surface area (Å²) in [6.45, 7) is 7.65. The molecule has 2 aromatic carbocycles.